The second-order valence-electron chi connectivity index (χ2n) is 16.7. The van der Waals surface area contributed by atoms with E-state index in [1.165, 1.54) is 66.8 Å². The summed E-state index contributed by atoms with van der Waals surface area (Å²) in [5, 5.41) is 2.27. The Morgan fingerprint density at radius 3 is 1.32 bits per heavy atom. The number of hydrogen-bond donors (Lipinski definition) is 0. The first-order valence-corrected chi connectivity index (χ1v) is 21.8. The van der Waals surface area contributed by atoms with Crippen LogP contribution in [0.5, 0.6) is 0 Å². The van der Waals surface area contributed by atoms with Crippen molar-refractivity contribution in [3.63, 3.8) is 0 Å². The van der Waals surface area contributed by atoms with Gasteiger partial charge in [-0.15, -0.1) is 0 Å². The van der Waals surface area contributed by atoms with Crippen molar-refractivity contribution in [3.05, 3.63) is 259 Å². The van der Waals surface area contributed by atoms with Crippen LogP contribution < -0.4 is 4.90 Å². The fourth-order valence-electron chi connectivity index (χ4n) is 10.8. The van der Waals surface area contributed by atoms with Crippen LogP contribution in [-0.2, 0) is 5.41 Å². The van der Waals surface area contributed by atoms with E-state index < -0.39 is 5.41 Å². The minimum absolute atomic E-state index is 0.444. The molecule has 2 heteroatoms. The van der Waals surface area contributed by atoms with E-state index in [-0.39, 0.29) is 0 Å². The van der Waals surface area contributed by atoms with E-state index in [1.54, 1.807) is 0 Å². The third kappa shape index (κ3) is 5.25. The molecular formula is C61H39NO. The largest absolute Gasteiger partial charge is 0.455 e. The number of fused-ring (bicyclic) bond motifs is 13. The van der Waals surface area contributed by atoms with E-state index in [9.17, 15) is 0 Å². The number of anilines is 3. The average Bonchev–Trinajstić information content (AvgIpc) is 3.99. The standard InChI is InChI=1S/C61H39NO/c1-2-15-40(16-3-1)46-17-4-5-18-47(46)41-29-33-43(34-30-41)62(44-35-31-42(32-36-44)48-23-14-24-54-53-22-9-13-28-59(53)63-60(48)54)45-37-38-52-51-21-8-12-27-57(51)61(58(52)39-45)55-25-10-6-19-49(55)50-20-7-11-26-56(50)61/h1-39H. The van der Waals surface area contributed by atoms with Gasteiger partial charge in [-0.05, 0) is 115 Å². The Morgan fingerprint density at radius 1 is 0.286 bits per heavy atom. The Kier molecular flexibility index (Phi) is 7.85. The summed E-state index contributed by atoms with van der Waals surface area (Å²) in [6.45, 7) is 0. The zero-order valence-corrected chi connectivity index (χ0v) is 34.4. The van der Waals surface area contributed by atoms with Crippen LogP contribution >= 0.6 is 0 Å². The highest BCUT2D eigenvalue weighted by atomic mass is 16.3. The lowest BCUT2D eigenvalue weighted by molar-refractivity contribution is 0.670. The number of furan rings is 1. The van der Waals surface area contributed by atoms with Gasteiger partial charge in [-0.2, -0.15) is 0 Å². The van der Waals surface area contributed by atoms with E-state index >= 15 is 0 Å². The molecule has 1 heterocycles. The molecule has 294 valence electrons. The van der Waals surface area contributed by atoms with Crippen LogP contribution in [0.4, 0.5) is 17.1 Å². The summed E-state index contributed by atoms with van der Waals surface area (Å²) in [5.41, 5.74) is 22.2. The smallest absolute Gasteiger partial charge is 0.143 e. The van der Waals surface area contributed by atoms with Gasteiger partial charge >= 0.3 is 0 Å². The normalized spacial score (nSPS) is 12.9. The van der Waals surface area contributed by atoms with E-state index in [4.69, 9.17) is 4.42 Å². The van der Waals surface area contributed by atoms with Gasteiger partial charge in [0.25, 0.3) is 0 Å². The summed E-state index contributed by atoms with van der Waals surface area (Å²) in [6.07, 6.45) is 0. The Hall–Kier alpha value is -8.20. The summed E-state index contributed by atoms with van der Waals surface area (Å²) in [6, 6.07) is 86.4. The van der Waals surface area contributed by atoms with Gasteiger partial charge in [-0.25, -0.2) is 0 Å². The molecule has 63 heavy (non-hydrogen) atoms. The van der Waals surface area contributed by atoms with Gasteiger partial charge < -0.3 is 9.32 Å². The van der Waals surface area contributed by atoms with Crippen molar-refractivity contribution in [2.45, 2.75) is 5.41 Å². The fourth-order valence-corrected chi connectivity index (χ4v) is 10.8. The lowest BCUT2D eigenvalue weighted by Crippen LogP contribution is -2.26. The Morgan fingerprint density at radius 2 is 0.714 bits per heavy atom. The average molecular weight is 802 g/mol. The van der Waals surface area contributed by atoms with Crippen molar-refractivity contribution in [3.8, 4) is 55.6 Å². The van der Waals surface area contributed by atoms with Crippen LogP contribution in [0.25, 0.3) is 77.6 Å². The fraction of sp³-hybridized carbons (Fsp3) is 0.0164. The molecule has 0 fully saturated rings. The molecule has 2 aliphatic rings. The van der Waals surface area contributed by atoms with Gasteiger partial charge in [-0.1, -0.05) is 194 Å². The van der Waals surface area contributed by atoms with E-state index in [0.717, 1.165) is 50.1 Å². The minimum Gasteiger partial charge on any atom is -0.455 e. The highest BCUT2D eigenvalue weighted by Gasteiger charge is 2.51. The molecule has 10 aromatic carbocycles. The molecule has 0 aliphatic heterocycles. The van der Waals surface area contributed by atoms with Gasteiger partial charge in [0.05, 0.1) is 5.41 Å². The Labute approximate surface area is 366 Å². The molecule has 0 saturated carbocycles. The Bertz CT molecular complexity index is 3500. The summed E-state index contributed by atoms with van der Waals surface area (Å²) < 4.78 is 6.49. The van der Waals surface area contributed by atoms with Gasteiger partial charge in [0.15, 0.2) is 0 Å². The number of para-hydroxylation sites is 2. The second-order valence-corrected chi connectivity index (χ2v) is 16.7. The summed E-state index contributed by atoms with van der Waals surface area (Å²) in [4.78, 5) is 2.42. The molecule has 2 aliphatic carbocycles. The highest BCUT2D eigenvalue weighted by molar-refractivity contribution is 6.09. The molecule has 0 saturated heterocycles. The molecule has 13 rings (SSSR count). The molecular weight excluding hydrogens is 763 g/mol. The summed E-state index contributed by atoms with van der Waals surface area (Å²) in [5.74, 6) is 0. The van der Waals surface area contributed by atoms with Gasteiger partial charge in [0, 0.05) is 33.4 Å². The topological polar surface area (TPSA) is 16.4 Å². The monoisotopic (exact) mass is 801 g/mol. The molecule has 0 atom stereocenters. The summed E-state index contributed by atoms with van der Waals surface area (Å²) in [7, 11) is 0. The molecule has 0 amide bonds. The minimum atomic E-state index is -0.444. The number of nitrogens with zero attached hydrogens (tertiary/aromatic N) is 1. The zero-order valence-electron chi connectivity index (χ0n) is 34.4. The lowest BCUT2D eigenvalue weighted by Gasteiger charge is -2.32. The van der Waals surface area contributed by atoms with Crippen molar-refractivity contribution in [1.82, 2.24) is 0 Å². The van der Waals surface area contributed by atoms with Crippen molar-refractivity contribution in [2.75, 3.05) is 4.90 Å². The number of hydrogen-bond acceptors (Lipinski definition) is 2. The maximum Gasteiger partial charge on any atom is 0.143 e. The molecule has 0 unspecified atom stereocenters. The molecule has 2 nitrogen and oxygen atoms in total. The Balaban J connectivity index is 0.991. The molecule has 0 bridgehead atoms. The number of rotatable bonds is 6. The van der Waals surface area contributed by atoms with E-state index in [2.05, 4.69) is 229 Å². The maximum absolute atomic E-state index is 6.49. The van der Waals surface area contributed by atoms with E-state index in [0.29, 0.717) is 0 Å². The van der Waals surface area contributed by atoms with Crippen LogP contribution in [-0.4, -0.2) is 0 Å². The third-order valence-corrected chi connectivity index (χ3v) is 13.5. The number of benzene rings is 10. The van der Waals surface area contributed by atoms with Crippen molar-refractivity contribution < 1.29 is 4.42 Å². The maximum atomic E-state index is 6.49. The quantitative estimate of drug-likeness (QED) is 0.167. The van der Waals surface area contributed by atoms with Gasteiger partial charge in [-0.3, -0.25) is 0 Å². The van der Waals surface area contributed by atoms with Crippen molar-refractivity contribution in [1.29, 1.82) is 0 Å². The summed E-state index contributed by atoms with van der Waals surface area (Å²) >= 11 is 0. The van der Waals surface area contributed by atoms with Gasteiger partial charge in [0.2, 0.25) is 0 Å². The first-order valence-electron chi connectivity index (χ1n) is 21.8. The molecule has 0 N–H and O–H groups in total. The van der Waals surface area contributed by atoms with Crippen LogP contribution in [0.2, 0.25) is 0 Å². The SMILES string of the molecule is c1ccc(-c2ccccc2-c2ccc(N(c3ccc(-c4cccc5c4oc4ccccc45)cc3)c3ccc4c(c3)C3(c5ccccc5-c5ccccc53)c3ccccc3-4)cc2)cc1. The molecule has 11 aromatic rings. The first kappa shape index (κ1) is 35.5. The predicted molar refractivity (Wildman–Crippen MR) is 261 cm³/mol. The van der Waals surface area contributed by atoms with Crippen LogP contribution in [0, 0.1) is 0 Å². The zero-order chi connectivity index (χ0) is 41.5. The molecule has 1 spiro atoms. The van der Waals surface area contributed by atoms with Gasteiger partial charge in [0.1, 0.15) is 11.2 Å². The lowest BCUT2D eigenvalue weighted by atomic mass is 9.70. The second kappa shape index (κ2) is 13.9. The molecule has 1 aromatic heterocycles. The predicted octanol–water partition coefficient (Wildman–Crippen LogP) is 16.4. The van der Waals surface area contributed by atoms with E-state index in [1.807, 2.05) is 12.1 Å². The van der Waals surface area contributed by atoms with Crippen LogP contribution in [0.3, 0.4) is 0 Å². The van der Waals surface area contributed by atoms with Crippen LogP contribution in [0.1, 0.15) is 22.3 Å². The van der Waals surface area contributed by atoms with Crippen molar-refractivity contribution in [2.24, 2.45) is 0 Å². The van der Waals surface area contributed by atoms with Crippen LogP contribution in [0.15, 0.2) is 241 Å². The van der Waals surface area contributed by atoms with Crippen molar-refractivity contribution >= 4 is 39.0 Å². The third-order valence-electron chi connectivity index (χ3n) is 13.5. The first-order chi connectivity index (χ1) is 31.3. The highest BCUT2D eigenvalue weighted by Crippen LogP contribution is 2.63. The molecule has 0 radical (unpaired) electrons.